The van der Waals surface area contributed by atoms with E-state index < -0.39 is 0 Å². The van der Waals surface area contributed by atoms with Gasteiger partial charge in [0.25, 0.3) is 0 Å². The molecule has 2 rings (SSSR count). The Morgan fingerprint density at radius 3 is 2.72 bits per heavy atom. The Labute approximate surface area is 115 Å². The predicted octanol–water partition coefficient (Wildman–Crippen LogP) is 3.83. The summed E-state index contributed by atoms with van der Waals surface area (Å²) in [4.78, 5) is 16.4. The number of hydrogen-bond acceptors (Lipinski definition) is 2. The summed E-state index contributed by atoms with van der Waals surface area (Å²) in [6.45, 7) is 2.09. The standard InChI is InChI=1S/C15H14BrNO/c1-2-11-6-7-14(17-10-11)9-15(18)12-4-3-5-13(16)8-12/h3-8,10H,2,9H2,1H3. The van der Waals surface area contributed by atoms with Crippen molar-refractivity contribution in [3.63, 3.8) is 0 Å². The zero-order valence-corrected chi connectivity index (χ0v) is 11.8. The lowest BCUT2D eigenvalue weighted by atomic mass is 10.1. The van der Waals surface area contributed by atoms with Crippen LogP contribution in [0, 0.1) is 0 Å². The summed E-state index contributed by atoms with van der Waals surface area (Å²) in [5.74, 6) is 0.0908. The van der Waals surface area contributed by atoms with E-state index in [4.69, 9.17) is 0 Å². The number of hydrogen-bond donors (Lipinski definition) is 0. The number of carbonyl (C=O) groups excluding carboxylic acids is 1. The SMILES string of the molecule is CCc1ccc(CC(=O)c2cccc(Br)c2)nc1. The number of aromatic nitrogens is 1. The van der Waals surface area contributed by atoms with Gasteiger partial charge in [0.05, 0.1) is 6.42 Å². The van der Waals surface area contributed by atoms with E-state index in [0.717, 1.165) is 16.6 Å². The van der Waals surface area contributed by atoms with Gasteiger partial charge in [-0.2, -0.15) is 0 Å². The molecule has 0 amide bonds. The van der Waals surface area contributed by atoms with Crippen molar-refractivity contribution in [2.75, 3.05) is 0 Å². The van der Waals surface area contributed by atoms with Gasteiger partial charge in [-0.1, -0.05) is 41.1 Å². The summed E-state index contributed by atoms with van der Waals surface area (Å²) in [5, 5.41) is 0. The van der Waals surface area contributed by atoms with Gasteiger partial charge >= 0.3 is 0 Å². The Morgan fingerprint density at radius 1 is 1.28 bits per heavy atom. The molecule has 1 heterocycles. The average Bonchev–Trinajstić information content (AvgIpc) is 2.39. The second kappa shape index (κ2) is 5.91. The van der Waals surface area contributed by atoms with Crippen LogP contribution < -0.4 is 0 Å². The molecule has 0 saturated heterocycles. The number of benzene rings is 1. The maximum Gasteiger partial charge on any atom is 0.168 e. The number of aryl methyl sites for hydroxylation is 1. The van der Waals surface area contributed by atoms with E-state index in [2.05, 4.69) is 27.8 Å². The predicted molar refractivity (Wildman–Crippen MR) is 75.8 cm³/mol. The fraction of sp³-hybridized carbons (Fsp3) is 0.200. The average molecular weight is 304 g/mol. The fourth-order valence-corrected chi connectivity index (χ4v) is 2.10. The molecule has 0 aliphatic carbocycles. The third-order valence-electron chi connectivity index (χ3n) is 2.78. The number of ketones is 1. The number of halogens is 1. The minimum Gasteiger partial charge on any atom is -0.294 e. The molecule has 0 aliphatic rings. The van der Waals surface area contributed by atoms with Crippen LogP contribution in [0.4, 0.5) is 0 Å². The van der Waals surface area contributed by atoms with Crippen molar-refractivity contribution in [3.8, 4) is 0 Å². The smallest absolute Gasteiger partial charge is 0.168 e. The first-order valence-electron chi connectivity index (χ1n) is 5.91. The maximum atomic E-state index is 12.1. The van der Waals surface area contributed by atoms with E-state index in [1.54, 1.807) is 0 Å². The van der Waals surface area contributed by atoms with E-state index in [-0.39, 0.29) is 5.78 Å². The number of pyridine rings is 1. The van der Waals surface area contributed by atoms with Crippen LogP contribution in [0.2, 0.25) is 0 Å². The fourth-order valence-electron chi connectivity index (χ4n) is 1.70. The molecule has 18 heavy (non-hydrogen) atoms. The molecule has 3 heteroatoms. The Morgan fingerprint density at radius 2 is 2.11 bits per heavy atom. The summed E-state index contributed by atoms with van der Waals surface area (Å²) >= 11 is 3.37. The molecule has 0 N–H and O–H groups in total. The van der Waals surface area contributed by atoms with Gasteiger partial charge in [-0.15, -0.1) is 0 Å². The highest BCUT2D eigenvalue weighted by Gasteiger charge is 2.08. The van der Waals surface area contributed by atoms with Gasteiger partial charge in [-0.25, -0.2) is 0 Å². The zero-order valence-electron chi connectivity index (χ0n) is 10.2. The summed E-state index contributed by atoms with van der Waals surface area (Å²) in [6.07, 6.45) is 3.15. The first-order valence-corrected chi connectivity index (χ1v) is 6.71. The molecule has 92 valence electrons. The Bertz CT molecular complexity index is 549. The molecule has 0 aliphatic heterocycles. The van der Waals surface area contributed by atoms with E-state index in [1.165, 1.54) is 5.56 Å². The normalized spacial score (nSPS) is 10.3. The molecule has 1 aromatic heterocycles. The van der Waals surface area contributed by atoms with Crippen molar-refractivity contribution in [2.45, 2.75) is 19.8 Å². The molecule has 2 aromatic rings. The van der Waals surface area contributed by atoms with E-state index in [1.807, 2.05) is 42.6 Å². The monoisotopic (exact) mass is 303 g/mol. The van der Waals surface area contributed by atoms with E-state index >= 15 is 0 Å². The van der Waals surface area contributed by atoms with E-state index in [0.29, 0.717) is 12.0 Å². The van der Waals surface area contributed by atoms with Crippen LogP contribution in [0.15, 0.2) is 47.1 Å². The maximum absolute atomic E-state index is 12.1. The van der Waals surface area contributed by atoms with Gasteiger partial charge in [0.2, 0.25) is 0 Å². The molecule has 2 nitrogen and oxygen atoms in total. The van der Waals surface area contributed by atoms with Gasteiger partial charge in [0.15, 0.2) is 5.78 Å². The third-order valence-corrected chi connectivity index (χ3v) is 3.28. The lowest BCUT2D eigenvalue weighted by Gasteiger charge is -2.02. The summed E-state index contributed by atoms with van der Waals surface area (Å²) in [7, 11) is 0. The van der Waals surface area contributed by atoms with Crippen molar-refractivity contribution >= 4 is 21.7 Å². The van der Waals surface area contributed by atoms with Gasteiger partial charge in [0, 0.05) is 21.9 Å². The number of rotatable bonds is 4. The lowest BCUT2D eigenvalue weighted by molar-refractivity contribution is 0.0992. The van der Waals surface area contributed by atoms with Crippen LogP contribution in [0.1, 0.15) is 28.5 Å². The number of carbonyl (C=O) groups is 1. The largest absolute Gasteiger partial charge is 0.294 e. The Hall–Kier alpha value is -1.48. The molecule has 0 spiro atoms. The van der Waals surface area contributed by atoms with Gasteiger partial charge in [-0.3, -0.25) is 9.78 Å². The lowest BCUT2D eigenvalue weighted by Crippen LogP contribution is -2.05. The van der Waals surface area contributed by atoms with Crippen molar-refractivity contribution in [1.82, 2.24) is 4.98 Å². The van der Waals surface area contributed by atoms with Gasteiger partial charge in [-0.05, 0) is 30.2 Å². The zero-order chi connectivity index (χ0) is 13.0. The van der Waals surface area contributed by atoms with Crippen molar-refractivity contribution in [3.05, 3.63) is 63.9 Å². The first kappa shape index (κ1) is 13.0. The second-order valence-corrected chi connectivity index (χ2v) is 5.04. The molecule has 0 saturated carbocycles. The second-order valence-electron chi connectivity index (χ2n) is 4.12. The van der Waals surface area contributed by atoms with Crippen molar-refractivity contribution in [1.29, 1.82) is 0 Å². The Balaban J connectivity index is 2.11. The molecule has 0 atom stereocenters. The van der Waals surface area contributed by atoms with Crippen LogP contribution in [0.3, 0.4) is 0 Å². The molecule has 0 radical (unpaired) electrons. The van der Waals surface area contributed by atoms with Gasteiger partial charge < -0.3 is 0 Å². The van der Waals surface area contributed by atoms with Crippen molar-refractivity contribution in [2.24, 2.45) is 0 Å². The highest BCUT2D eigenvalue weighted by atomic mass is 79.9. The molecule has 0 unspecified atom stereocenters. The summed E-state index contributed by atoms with van der Waals surface area (Å²) < 4.78 is 0.919. The van der Waals surface area contributed by atoms with Crippen LogP contribution in [-0.2, 0) is 12.8 Å². The van der Waals surface area contributed by atoms with Crippen LogP contribution in [0.25, 0.3) is 0 Å². The van der Waals surface area contributed by atoms with Crippen LogP contribution in [0.5, 0.6) is 0 Å². The van der Waals surface area contributed by atoms with Crippen LogP contribution >= 0.6 is 15.9 Å². The molecule has 0 bridgehead atoms. The van der Waals surface area contributed by atoms with E-state index in [9.17, 15) is 4.79 Å². The highest BCUT2D eigenvalue weighted by molar-refractivity contribution is 9.10. The quantitative estimate of drug-likeness (QED) is 0.804. The molecule has 1 aromatic carbocycles. The third kappa shape index (κ3) is 3.26. The molecule has 0 fully saturated rings. The summed E-state index contributed by atoms with van der Waals surface area (Å²) in [5.41, 5.74) is 2.72. The van der Waals surface area contributed by atoms with Gasteiger partial charge in [0.1, 0.15) is 0 Å². The molecular formula is C15H14BrNO. The van der Waals surface area contributed by atoms with Crippen molar-refractivity contribution < 1.29 is 4.79 Å². The molecular weight excluding hydrogens is 290 g/mol. The number of nitrogens with zero attached hydrogens (tertiary/aromatic N) is 1. The topological polar surface area (TPSA) is 30.0 Å². The Kier molecular flexibility index (Phi) is 4.26. The minimum atomic E-state index is 0.0908. The minimum absolute atomic E-state index is 0.0908. The highest BCUT2D eigenvalue weighted by Crippen LogP contribution is 2.13. The summed E-state index contributed by atoms with van der Waals surface area (Å²) in [6, 6.07) is 11.4. The first-order chi connectivity index (χ1) is 8.69. The van der Waals surface area contributed by atoms with Crippen LogP contribution in [-0.4, -0.2) is 10.8 Å². The number of Topliss-reactive ketones (excluding diaryl/α,β-unsaturated/α-hetero) is 1.